The van der Waals surface area contributed by atoms with E-state index in [9.17, 15) is 9.59 Å². The Kier molecular flexibility index (Phi) is 7.97. The predicted molar refractivity (Wildman–Crippen MR) is 79.7 cm³/mol. The number of hydrogen-bond donors (Lipinski definition) is 0. The summed E-state index contributed by atoms with van der Waals surface area (Å²) in [4.78, 5) is 25.4. The zero-order valence-corrected chi connectivity index (χ0v) is 13.3. The molecule has 0 N–H and O–H groups in total. The maximum atomic E-state index is 11.9. The van der Waals surface area contributed by atoms with Gasteiger partial charge in [-0.15, -0.1) is 11.6 Å². The number of carbonyl (C=O) groups is 2. The molecule has 116 valence electrons. The molecule has 0 aromatic heterocycles. The minimum absolute atomic E-state index is 0.0435. The molecule has 1 aliphatic heterocycles. The molecule has 1 heterocycles. The second kappa shape index (κ2) is 9.22. The molecule has 4 nitrogen and oxygen atoms in total. The summed E-state index contributed by atoms with van der Waals surface area (Å²) in [5, 5.41) is -0.489. The number of likely N-dealkylation sites (tertiary alicyclic amines) is 1. The highest BCUT2D eigenvalue weighted by molar-refractivity contribution is 6.30. The molecule has 1 atom stereocenters. The summed E-state index contributed by atoms with van der Waals surface area (Å²) in [5.74, 6) is -0.207. The Hall–Kier alpha value is -0.770. The van der Waals surface area contributed by atoms with Crippen molar-refractivity contribution in [2.24, 2.45) is 5.92 Å². The van der Waals surface area contributed by atoms with Crippen LogP contribution in [0.1, 0.15) is 52.4 Å². The van der Waals surface area contributed by atoms with Crippen LogP contribution in [0, 0.1) is 5.92 Å². The third-order valence-corrected chi connectivity index (χ3v) is 3.91. The minimum atomic E-state index is -0.489. The predicted octanol–water partition coefficient (Wildman–Crippen LogP) is 2.98. The van der Waals surface area contributed by atoms with Gasteiger partial charge in [0.25, 0.3) is 0 Å². The first-order valence-electron chi connectivity index (χ1n) is 7.65. The van der Waals surface area contributed by atoms with Crippen LogP contribution in [-0.2, 0) is 14.3 Å². The molecular formula is C15H26ClNO3. The number of halogens is 1. The Bertz CT molecular complexity index is 312. The number of alkyl halides is 1. The lowest BCUT2D eigenvalue weighted by Crippen LogP contribution is -2.43. The molecule has 0 aromatic rings. The quantitative estimate of drug-likeness (QED) is 0.413. The van der Waals surface area contributed by atoms with Crippen molar-refractivity contribution in [2.45, 2.75) is 57.7 Å². The molecule has 5 heteroatoms. The Labute approximate surface area is 126 Å². The van der Waals surface area contributed by atoms with Crippen LogP contribution < -0.4 is 0 Å². The minimum Gasteiger partial charge on any atom is -0.465 e. The van der Waals surface area contributed by atoms with Gasteiger partial charge in [-0.05, 0) is 26.2 Å². The molecule has 1 rings (SSSR count). The Morgan fingerprint density at radius 2 is 1.90 bits per heavy atom. The van der Waals surface area contributed by atoms with E-state index < -0.39 is 5.38 Å². The van der Waals surface area contributed by atoms with Crippen LogP contribution in [-0.4, -0.2) is 41.8 Å². The van der Waals surface area contributed by atoms with Gasteiger partial charge in [0, 0.05) is 13.1 Å². The largest absolute Gasteiger partial charge is 0.465 e. The molecule has 1 fully saturated rings. The molecule has 0 saturated carbocycles. The number of hydrogen-bond acceptors (Lipinski definition) is 3. The first kappa shape index (κ1) is 17.3. The highest BCUT2D eigenvalue weighted by atomic mass is 35.5. The van der Waals surface area contributed by atoms with E-state index in [-0.39, 0.29) is 17.8 Å². The van der Waals surface area contributed by atoms with Gasteiger partial charge in [-0.1, -0.05) is 26.2 Å². The molecule has 1 aliphatic rings. The van der Waals surface area contributed by atoms with Gasteiger partial charge in [0.2, 0.25) is 5.91 Å². The van der Waals surface area contributed by atoms with Gasteiger partial charge in [-0.3, -0.25) is 9.59 Å². The Balaban J connectivity index is 2.20. The van der Waals surface area contributed by atoms with E-state index in [1.54, 1.807) is 11.8 Å². The average molecular weight is 304 g/mol. The van der Waals surface area contributed by atoms with Crippen molar-refractivity contribution in [3.63, 3.8) is 0 Å². The molecule has 0 aromatic carbocycles. The van der Waals surface area contributed by atoms with Crippen LogP contribution >= 0.6 is 11.6 Å². The fourth-order valence-corrected chi connectivity index (χ4v) is 2.54. The van der Waals surface area contributed by atoms with Crippen molar-refractivity contribution in [1.29, 1.82) is 0 Å². The number of ether oxygens (including phenoxy) is 1. The molecule has 1 saturated heterocycles. The fraction of sp³-hybridized carbons (Fsp3) is 0.867. The summed E-state index contributed by atoms with van der Waals surface area (Å²) in [6, 6.07) is 0. The second-order valence-corrected chi connectivity index (χ2v) is 6.10. The molecule has 0 spiro atoms. The summed E-state index contributed by atoms with van der Waals surface area (Å²) in [6.07, 6.45) is 5.80. The summed E-state index contributed by atoms with van der Waals surface area (Å²) in [5.41, 5.74) is 0. The second-order valence-electron chi connectivity index (χ2n) is 5.44. The van der Waals surface area contributed by atoms with Crippen molar-refractivity contribution in [3.05, 3.63) is 0 Å². The molecule has 0 bridgehead atoms. The Morgan fingerprint density at radius 1 is 1.25 bits per heavy atom. The number of piperidine rings is 1. The summed E-state index contributed by atoms with van der Waals surface area (Å²) in [7, 11) is 0. The van der Waals surface area contributed by atoms with Crippen molar-refractivity contribution in [1.82, 2.24) is 4.90 Å². The first-order chi connectivity index (χ1) is 9.56. The van der Waals surface area contributed by atoms with Gasteiger partial charge in [0.05, 0.1) is 12.5 Å². The van der Waals surface area contributed by atoms with Gasteiger partial charge >= 0.3 is 5.97 Å². The third kappa shape index (κ3) is 5.70. The van der Waals surface area contributed by atoms with Crippen LogP contribution in [0.25, 0.3) is 0 Å². The molecule has 0 radical (unpaired) electrons. The van der Waals surface area contributed by atoms with Gasteiger partial charge < -0.3 is 9.64 Å². The van der Waals surface area contributed by atoms with Crippen LogP contribution in [0.15, 0.2) is 0 Å². The summed E-state index contributed by atoms with van der Waals surface area (Å²) < 4.78 is 5.30. The van der Waals surface area contributed by atoms with Crippen molar-refractivity contribution < 1.29 is 14.3 Å². The molecular weight excluding hydrogens is 278 g/mol. The van der Waals surface area contributed by atoms with E-state index in [2.05, 4.69) is 6.92 Å². The molecule has 1 unspecified atom stereocenters. The molecule has 20 heavy (non-hydrogen) atoms. The lowest BCUT2D eigenvalue weighted by atomic mass is 9.97. The normalized spacial score (nSPS) is 17.9. The molecule has 1 amide bonds. The maximum absolute atomic E-state index is 11.9. The van der Waals surface area contributed by atoms with Crippen molar-refractivity contribution in [3.8, 4) is 0 Å². The Morgan fingerprint density at radius 3 is 2.45 bits per heavy atom. The van der Waals surface area contributed by atoms with Crippen LogP contribution in [0.5, 0.6) is 0 Å². The number of rotatable bonds is 7. The average Bonchev–Trinajstić information content (AvgIpc) is 2.46. The van der Waals surface area contributed by atoms with Gasteiger partial charge in [-0.2, -0.15) is 0 Å². The number of amides is 1. The van der Waals surface area contributed by atoms with Gasteiger partial charge in [0.1, 0.15) is 5.38 Å². The van der Waals surface area contributed by atoms with E-state index in [0.29, 0.717) is 32.5 Å². The highest BCUT2D eigenvalue weighted by Crippen LogP contribution is 2.20. The van der Waals surface area contributed by atoms with Crippen molar-refractivity contribution >= 4 is 23.5 Å². The van der Waals surface area contributed by atoms with E-state index in [1.807, 2.05) is 0 Å². The van der Waals surface area contributed by atoms with E-state index in [4.69, 9.17) is 16.3 Å². The smallest absolute Gasteiger partial charge is 0.309 e. The maximum Gasteiger partial charge on any atom is 0.309 e. The fourth-order valence-electron chi connectivity index (χ4n) is 2.41. The number of unbranched alkanes of at least 4 members (excludes halogenated alkanes) is 3. The molecule has 0 aliphatic carbocycles. The zero-order valence-electron chi connectivity index (χ0n) is 12.6. The van der Waals surface area contributed by atoms with E-state index in [1.165, 1.54) is 12.8 Å². The van der Waals surface area contributed by atoms with Gasteiger partial charge in [-0.25, -0.2) is 0 Å². The van der Waals surface area contributed by atoms with E-state index in [0.717, 1.165) is 12.8 Å². The monoisotopic (exact) mass is 303 g/mol. The lowest BCUT2D eigenvalue weighted by molar-refractivity contribution is -0.151. The summed E-state index contributed by atoms with van der Waals surface area (Å²) >= 11 is 5.79. The van der Waals surface area contributed by atoms with Gasteiger partial charge in [0.15, 0.2) is 0 Å². The highest BCUT2D eigenvalue weighted by Gasteiger charge is 2.29. The summed E-state index contributed by atoms with van der Waals surface area (Å²) in [6.45, 7) is 5.57. The number of nitrogens with zero attached hydrogens (tertiary/aromatic N) is 1. The van der Waals surface area contributed by atoms with Crippen LogP contribution in [0.2, 0.25) is 0 Å². The first-order valence-corrected chi connectivity index (χ1v) is 8.09. The van der Waals surface area contributed by atoms with Crippen LogP contribution in [0.4, 0.5) is 0 Å². The zero-order chi connectivity index (χ0) is 15.0. The van der Waals surface area contributed by atoms with Crippen LogP contribution in [0.3, 0.4) is 0 Å². The standard InChI is InChI=1S/C15H26ClNO3/c1-3-4-5-6-11-20-15(19)13-7-9-17(10-8-13)14(18)12(2)16/h12-13H,3-11H2,1-2H3. The lowest BCUT2D eigenvalue weighted by Gasteiger charge is -2.31. The van der Waals surface area contributed by atoms with Crippen molar-refractivity contribution in [2.75, 3.05) is 19.7 Å². The van der Waals surface area contributed by atoms with E-state index >= 15 is 0 Å². The topological polar surface area (TPSA) is 46.6 Å². The number of carbonyl (C=O) groups excluding carboxylic acids is 2. The SMILES string of the molecule is CCCCCCOC(=O)C1CCN(C(=O)C(C)Cl)CC1. The third-order valence-electron chi connectivity index (χ3n) is 3.72. The number of esters is 1.